The molecule has 1 N–H and O–H groups in total. The van der Waals surface area contributed by atoms with Crippen molar-refractivity contribution in [1.82, 2.24) is 5.32 Å². The van der Waals surface area contributed by atoms with E-state index in [2.05, 4.69) is 10.1 Å². The van der Waals surface area contributed by atoms with Crippen LogP contribution < -0.4 is 5.32 Å². The van der Waals surface area contributed by atoms with E-state index in [1.165, 1.54) is 7.11 Å². The summed E-state index contributed by atoms with van der Waals surface area (Å²) in [5.41, 5.74) is 0. The van der Waals surface area contributed by atoms with Crippen molar-refractivity contribution in [3.8, 4) is 0 Å². The van der Waals surface area contributed by atoms with E-state index in [-0.39, 0.29) is 12.4 Å². The van der Waals surface area contributed by atoms with E-state index in [0.717, 1.165) is 0 Å². The van der Waals surface area contributed by atoms with Crippen LogP contribution in [0.25, 0.3) is 0 Å². The Morgan fingerprint density at radius 3 is 2.73 bits per heavy atom. The lowest BCUT2D eigenvalue weighted by atomic mass is 10.2. The smallest absolute Gasteiger partial charge is 0.325 e. The second-order valence-electron chi connectivity index (χ2n) is 2.26. The summed E-state index contributed by atoms with van der Waals surface area (Å²) >= 11 is 0. The van der Waals surface area contributed by atoms with Crippen LogP contribution in [-0.4, -0.2) is 31.8 Å². The number of ether oxygens (including phenoxy) is 1. The normalized spacial score (nSPS) is 29.3. The third kappa shape index (κ3) is 2.31. The number of carbonyl (C=O) groups excluding carboxylic acids is 1. The SMILES string of the molecule is COC(=O)[C@@H]1NCC[C@@H]1F.Cl. The molecule has 0 aromatic carbocycles. The molecule has 0 saturated carbocycles. The third-order valence-electron chi connectivity index (χ3n) is 1.60. The zero-order valence-corrected chi connectivity index (χ0v) is 6.99. The van der Waals surface area contributed by atoms with E-state index < -0.39 is 18.2 Å². The molecule has 0 aromatic heterocycles. The van der Waals surface area contributed by atoms with Gasteiger partial charge in [-0.05, 0) is 13.0 Å². The van der Waals surface area contributed by atoms with Crippen LogP contribution in [0.1, 0.15) is 6.42 Å². The molecule has 11 heavy (non-hydrogen) atoms. The Morgan fingerprint density at radius 1 is 1.73 bits per heavy atom. The molecule has 0 bridgehead atoms. The van der Waals surface area contributed by atoms with Crippen molar-refractivity contribution in [2.24, 2.45) is 0 Å². The number of esters is 1. The van der Waals surface area contributed by atoms with Gasteiger partial charge in [0.05, 0.1) is 7.11 Å². The van der Waals surface area contributed by atoms with Gasteiger partial charge in [0.25, 0.3) is 0 Å². The average molecular weight is 184 g/mol. The number of carbonyl (C=O) groups is 1. The molecule has 0 spiro atoms. The molecule has 0 aliphatic carbocycles. The van der Waals surface area contributed by atoms with Gasteiger partial charge in [-0.1, -0.05) is 0 Å². The second-order valence-corrected chi connectivity index (χ2v) is 2.26. The van der Waals surface area contributed by atoms with Gasteiger partial charge in [0, 0.05) is 0 Å². The Bertz CT molecular complexity index is 145. The Kier molecular flexibility index (Phi) is 4.37. The minimum Gasteiger partial charge on any atom is -0.468 e. The third-order valence-corrected chi connectivity index (χ3v) is 1.60. The number of nitrogens with one attached hydrogen (secondary N) is 1. The summed E-state index contributed by atoms with van der Waals surface area (Å²) in [7, 11) is 1.26. The van der Waals surface area contributed by atoms with E-state index in [1.54, 1.807) is 0 Å². The molecule has 0 aromatic rings. The van der Waals surface area contributed by atoms with E-state index in [0.29, 0.717) is 13.0 Å². The highest BCUT2D eigenvalue weighted by molar-refractivity contribution is 5.85. The molecule has 1 aliphatic rings. The van der Waals surface area contributed by atoms with Gasteiger partial charge in [-0.15, -0.1) is 12.4 Å². The molecule has 1 rings (SSSR count). The Labute approximate surface area is 70.7 Å². The molecule has 1 saturated heterocycles. The van der Waals surface area contributed by atoms with E-state index >= 15 is 0 Å². The number of methoxy groups -OCH3 is 1. The molecule has 1 fully saturated rings. The van der Waals surface area contributed by atoms with Crippen LogP contribution in [0.5, 0.6) is 0 Å². The molecule has 66 valence electrons. The quantitative estimate of drug-likeness (QED) is 0.594. The van der Waals surface area contributed by atoms with Crippen LogP contribution in [0, 0.1) is 0 Å². The first kappa shape index (κ1) is 10.7. The summed E-state index contributed by atoms with van der Waals surface area (Å²) < 4.78 is 17.0. The zero-order chi connectivity index (χ0) is 7.56. The van der Waals surface area contributed by atoms with Crippen molar-refractivity contribution in [1.29, 1.82) is 0 Å². The number of halogens is 2. The molecule has 3 nitrogen and oxygen atoms in total. The number of alkyl halides is 1. The number of hydrogen-bond acceptors (Lipinski definition) is 3. The van der Waals surface area contributed by atoms with Gasteiger partial charge < -0.3 is 10.1 Å². The summed E-state index contributed by atoms with van der Waals surface area (Å²) in [5.74, 6) is -0.509. The maximum Gasteiger partial charge on any atom is 0.325 e. The van der Waals surface area contributed by atoms with Crippen molar-refractivity contribution in [2.45, 2.75) is 18.6 Å². The first-order chi connectivity index (χ1) is 4.75. The molecule has 1 aliphatic heterocycles. The number of hydrogen-bond donors (Lipinski definition) is 1. The summed E-state index contributed by atoms with van der Waals surface area (Å²) in [5, 5.41) is 2.71. The first-order valence-electron chi connectivity index (χ1n) is 3.21. The lowest BCUT2D eigenvalue weighted by molar-refractivity contribution is -0.143. The predicted molar refractivity (Wildman–Crippen MR) is 40.6 cm³/mol. The van der Waals surface area contributed by atoms with Gasteiger partial charge in [-0.3, -0.25) is 4.79 Å². The van der Waals surface area contributed by atoms with E-state index in [4.69, 9.17) is 0 Å². The maximum atomic E-state index is 12.7. The largest absolute Gasteiger partial charge is 0.468 e. The van der Waals surface area contributed by atoms with Crippen LogP contribution in [0.4, 0.5) is 4.39 Å². The summed E-state index contributed by atoms with van der Waals surface area (Å²) in [4.78, 5) is 10.7. The van der Waals surface area contributed by atoms with Crippen LogP contribution in [-0.2, 0) is 9.53 Å². The Balaban J connectivity index is 0.000001000. The average Bonchev–Trinajstić information content (AvgIpc) is 2.34. The van der Waals surface area contributed by atoms with E-state index in [1.807, 2.05) is 0 Å². The summed E-state index contributed by atoms with van der Waals surface area (Å²) in [6, 6.07) is -0.731. The van der Waals surface area contributed by atoms with Crippen molar-refractivity contribution in [2.75, 3.05) is 13.7 Å². The molecule has 0 amide bonds. The first-order valence-corrected chi connectivity index (χ1v) is 3.21. The van der Waals surface area contributed by atoms with Crippen molar-refractivity contribution in [3.05, 3.63) is 0 Å². The van der Waals surface area contributed by atoms with Gasteiger partial charge in [-0.2, -0.15) is 0 Å². The van der Waals surface area contributed by atoms with Crippen molar-refractivity contribution < 1.29 is 13.9 Å². The molecule has 0 radical (unpaired) electrons. The fourth-order valence-electron chi connectivity index (χ4n) is 1.03. The molecule has 2 atom stereocenters. The van der Waals surface area contributed by atoms with Gasteiger partial charge in [0.1, 0.15) is 12.2 Å². The van der Waals surface area contributed by atoms with Crippen LogP contribution in [0.15, 0.2) is 0 Å². The lowest BCUT2D eigenvalue weighted by Crippen LogP contribution is -2.37. The predicted octanol–water partition coefficient (Wildman–Crippen LogP) is 0.281. The molecule has 0 unspecified atom stereocenters. The van der Waals surface area contributed by atoms with Gasteiger partial charge >= 0.3 is 5.97 Å². The summed E-state index contributed by atoms with van der Waals surface area (Å²) in [6.07, 6.45) is -0.674. The highest BCUT2D eigenvalue weighted by Crippen LogP contribution is 2.11. The maximum absolute atomic E-state index is 12.7. The molecular weight excluding hydrogens is 173 g/mol. The zero-order valence-electron chi connectivity index (χ0n) is 6.17. The van der Waals surface area contributed by atoms with Crippen LogP contribution in [0.2, 0.25) is 0 Å². The molecule has 1 heterocycles. The monoisotopic (exact) mass is 183 g/mol. The highest BCUT2D eigenvalue weighted by atomic mass is 35.5. The van der Waals surface area contributed by atoms with Crippen LogP contribution >= 0.6 is 12.4 Å². The minimum atomic E-state index is -1.08. The Hall–Kier alpha value is -0.350. The fraction of sp³-hybridized carbons (Fsp3) is 0.833. The molecule has 5 heteroatoms. The second kappa shape index (κ2) is 4.51. The van der Waals surface area contributed by atoms with Crippen molar-refractivity contribution in [3.63, 3.8) is 0 Å². The van der Waals surface area contributed by atoms with Crippen LogP contribution in [0.3, 0.4) is 0 Å². The lowest BCUT2D eigenvalue weighted by Gasteiger charge is -2.08. The summed E-state index contributed by atoms with van der Waals surface area (Å²) in [6.45, 7) is 0.556. The minimum absolute atomic E-state index is 0. The van der Waals surface area contributed by atoms with Gasteiger partial charge in [-0.25, -0.2) is 4.39 Å². The highest BCUT2D eigenvalue weighted by Gasteiger charge is 2.33. The van der Waals surface area contributed by atoms with Crippen molar-refractivity contribution >= 4 is 18.4 Å². The molecular formula is C6H11ClFNO2. The standard InChI is InChI=1S/C6H10FNO2.ClH/c1-10-6(9)5-4(7)2-3-8-5;/h4-5,8H,2-3H2,1H3;1H/t4-,5+;/m0./s1. The Morgan fingerprint density at radius 2 is 2.36 bits per heavy atom. The number of rotatable bonds is 1. The van der Waals surface area contributed by atoms with E-state index in [9.17, 15) is 9.18 Å². The van der Waals surface area contributed by atoms with Gasteiger partial charge in [0.2, 0.25) is 0 Å². The topological polar surface area (TPSA) is 38.3 Å². The van der Waals surface area contributed by atoms with Gasteiger partial charge in [0.15, 0.2) is 0 Å². The fourth-order valence-corrected chi connectivity index (χ4v) is 1.03.